The highest BCUT2D eigenvalue weighted by Gasteiger charge is 2.21. The van der Waals surface area contributed by atoms with E-state index in [0.29, 0.717) is 0 Å². The second kappa shape index (κ2) is 7.91. The quantitative estimate of drug-likeness (QED) is 0.801. The van der Waals surface area contributed by atoms with E-state index in [1.807, 2.05) is 36.9 Å². The highest BCUT2D eigenvalue weighted by molar-refractivity contribution is 7.80. The Kier molecular flexibility index (Phi) is 5.84. The zero-order valence-corrected chi connectivity index (χ0v) is 16.6. The summed E-state index contributed by atoms with van der Waals surface area (Å²) in [4.78, 5) is 4.54. The number of aromatic nitrogens is 2. The molecule has 3 rings (SSSR count). The SMILES string of the molecule is Cc1c(NC(=S)N2CCN(Cc3c(Cl)cccc3Cl)CC2)cnn1C. The summed E-state index contributed by atoms with van der Waals surface area (Å²) in [6, 6.07) is 5.64. The van der Waals surface area contributed by atoms with Gasteiger partial charge < -0.3 is 10.2 Å². The first kappa shape index (κ1) is 18.5. The lowest BCUT2D eigenvalue weighted by molar-refractivity contribution is 0.177. The van der Waals surface area contributed by atoms with Gasteiger partial charge in [-0.3, -0.25) is 9.58 Å². The number of anilines is 1. The maximum atomic E-state index is 6.27. The number of hydrogen-bond acceptors (Lipinski definition) is 3. The molecule has 25 heavy (non-hydrogen) atoms. The molecular formula is C17H21Cl2N5S. The fraction of sp³-hybridized carbons (Fsp3) is 0.412. The van der Waals surface area contributed by atoms with Gasteiger partial charge in [-0.2, -0.15) is 5.10 Å². The summed E-state index contributed by atoms with van der Waals surface area (Å²) in [5.74, 6) is 0. The van der Waals surface area contributed by atoms with E-state index in [0.717, 1.165) is 64.8 Å². The van der Waals surface area contributed by atoms with Crippen LogP contribution in [-0.2, 0) is 13.6 Å². The number of aryl methyl sites for hydroxylation is 1. The van der Waals surface area contributed by atoms with Crippen molar-refractivity contribution in [3.05, 3.63) is 45.7 Å². The molecule has 1 aromatic heterocycles. The van der Waals surface area contributed by atoms with Crippen LogP contribution < -0.4 is 5.32 Å². The van der Waals surface area contributed by atoms with Gasteiger partial charge in [0, 0.05) is 55.4 Å². The highest BCUT2D eigenvalue weighted by Crippen LogP contribution is 2.26. The van der Waals surface area contributed by atoms with E-state index in [4.69, 9.17) is 35.4 Å². The molecule has 8 heteroatoms. The van der Waals surface area contributed by atoms with Gasteiger partial charge in [0.15, 0.2) is 5.11 Å². The van der Waals surface area contributed by atoms with Gasteiger partial charge in [-0.05, 0) is 31.3 Å². The number of nitrogens with zero attached hydrogens (tertiary/aromatic N) is 4. The third-order valence-electron chi connectivity index (χ3n) is 4.58. The number of hydrogen-bond donors (Lipinski definition) is 1. The highest BCUT2D eigenvalue weighted by atomic mass is 35.5. The average molecular weight is 398 g/mol. The number of benzene rings is 1. The van der Waals surface area contributed by atoms with Gasteiger partial charge in [-0.15, -0.1) is 0 Å². The van der Waals surface area contributed by atoms with Crippen molar-refractivity contribution in [1.29, 1.82) is 0 Å². The predicted octanol–water partition coefficient (Wildman–Crippen LogP) is 3.55. The van der Waals surface area contributed by atoms with Gasteiger partial charge in [-0.1, -0.05) is 29.3 Å². The third kappa shape index (κ3) is 4.26. The largest absolute Gasteiger partial charge is 0.346 e. The second-order valence-electron chi connectivity index (χ2n) is 6.16. The monoisotopic (exact) mass is 397 g/mol. The Hall–Kier alpha value is -1.34. The molecule has 1 N–H and O–H groups in total. The summed E-state index contributed by atoms with van der Waals surface area (Å²) >= 11 is 18.1. The average Bonchev–Trinajstić information content (AvgIpc) is 2.91. The van der Waals surface area contributed by atoms with Crippen LogP contribution in [0.3, 0.4) is 0 Å². The van der Waals surface area contributed by atoms with Crippen molar-refractivity contribution in [3.63, 3.8) is 0 Å². The summed E-state index contributed by atoms with van der Waals surface area (Å²) in [6.45, 7) is 6.34. The summed E-state index contributed by atoms with van der Waals surface area (Å²) in [5, 5.41) is 9.71. The molecule has 1 aliphatic heterocycles. The van der Waals surface area contributed by atoms with Crippen LogP contribution in [0.15, 0.2) is 24.4 Å². The van der Waals surface area contributed by atoms with E-state index < -0.39 is 0 Å². The lowest BCUT2D eigenvalue weighted by Gasteiger charge is -2.36. The smallest absolute Gasteiger partial charge is 0.173 e. The molecule has 5 nitrogen and oxygen atoms in total. The molecule has 0 saturated carbocycles. The second-order valence-corrected chi connectivity index (χ2v) is 7.36. The number of thiocarbonyl (C=S) groups is 1. The Balaban J connectivity index is 1.55. The van der Waals surface area contributed by atoms with Crippen molar-refractivity contribution in [1.82, 2.24) is 19.6 Å². The molecule has 1 aliphatic rings. The van der Waals surface area contributed by atoms with Gasteiger partial charge in [0.1, 0.15) is 0 Å². The van der Waals surface area contributed by atoms with Crippen LogP contribution in [0.1, 0.15) is 11.3 Å². The van der Waals surface area contributed by atoms with Crippen LogP contribution in [0.4, 0.5) is 5.69 Å². The summed E-state index contributed by atoms with van der Waals surface area (Å²) in [5.41, 5.74) is 3.01. The van der Waals surface area contributed by atoms with Gasteiger partial charge in [0.05, 0.1) is 17.6 Å². The Labute approximate surface area is 163 Å². The molecule has 1 saturated heterocycles. The number of piperazine rings is 1. The topological polar surface area (TPSA) is 36.3 Å². The molecule has 2 heterocycles. The van der Waals surface area contributed by atoms with E-state index in [1.54, 1.807) is 6.20 Å². The Morgan fingerprint density at radius 2 is 1.84 bits per heavy atom. The van der Waals surface area contributed by atoms with E-state index in [1.165, 1.54) is 0 Å². The van der Waals surface area contributed by atoms with Crippen molar-refractivity contribution in [2.24, 2.45) is 7.05 Å². The summed E-state index contributed by atoms with van der Waals surface area (Å²) in [6.07, 6.45) is 1.80. The molecule has 0 amide bonds. The van der Waals surface area contributed by atoms with Crippen molar-refractivity contribution < 1.29 is 0 Å². The Bertz CT molecular complexity index is 748. The van der Waals surface area contributed by atoms with Crippen LogP contribution in [0.5, 0.6) is 0 Å². The number of rotatable bonds is 3. The van der Waals surface area contributed by atoms with E-state index in [9.17, 15) is 0 Å². The van der Waals surface area contributed by atoms with E-state index in [-0.39, 0.29) is 0 Å². The van der Waals surface area contributed by atoms with Gasteiger partial charge in [0.2, 0.25) is 0 Å². The van der Waals surface area contributed by atoms with Crippen LogP contribution in [0, 0.1) is 6.92 Å². The number of halogens is 2. The van der Waals surface area contributed by atoms with Crippen LogP contribution in [0.25, 0.3) is 0 Å². The number of nitrogens with one attached hydrogen (secondary N) is 1. The van der Waals surface area contributed by atoms with Gasteiger partial charge in [-0.25, -0.2) is 0 Å². The fourth-order valence-electron chi connectivity index (χ4n) is 2.83. The van der Waals surface area contributed by atoms with Crippen molar-refractivity contribution in [2.75, 3.05) is 31.5 Å². The lowest BCUT2D eigenvalue weighted by Crippen LogP contribution is -2.49. The van der Waals surface area contributed by atoms with Crippen LogP contribution >= 0.6 is 35.4 Å². The Morgan fingerprint density at radius 3 is 2.40 bits per heavy atom. The molecule has 2 aromatic rings. The van der Waals surface area contributed by atoms with Crippen molar-refractivity contribution >= 4 is 46.2 Å². The first-order valence-corrected chi connectivity index (χ1v) is 9.32. The molecule has 1 fully saturated rings. The van der Waals surface area contributed by atoms with Crippen molar-refractivity contribution in [3.8, 4) is 0 Å². The van der Waals surface area contributed by atoms with Crippen LogP contribution in [-0.4, -0.2) is 50.9 Å². The molecule has 1 aromatic carbocycles. The minimum Gasteiger partial charge on any atom is -0.346 e. The zero-order chi connectivity index (χ0) is 18.0. The normalized spacial score (nSPS) is 15.4. The predicted molar refractivity (Wildman–Crippen MR) is 107 cm³/mol. The molecule has 0 radical (unpaired) electrons. The molecule has 0 unspecified atom stereocenters. The maximum absolute atomic E-state index is 6.27. The Morgan fingerprint density at radius 1 is 1.20 bits per heavy atom. The van der Waals surface area contributed by atoms with Gasteiger partial charge in [0.25, 0.3) is 0 Å². The minimum absolute atomic E-state index is 0.721. The van der Waals surface area contributed by atoms with Crippen LogP contribution in [0.2, 0.25) is 10.0 Å². The van der Waals surface area contributed by atoms with E-state index in [2.05, 4.69) is 20.2 Å². The lowest BCUT2D eigenvalue weighted by atomic mass is 10.2. The zero-order valence-electron chi connectivity index (χ0n) is 14.3. The third-order valence-corrected chi connectivity index (χ3v) is 5.65. The first-order valence-electron chi connectivity index (χ1n) is 8.15. The molecule has 134 valence electrons. The summed E-state index contributed by atoms with van der Waals surface area (Å²) in [7, 11) is 1.92. The standard InChI is InChI=1S/C17H21Cl2N5S/c1-12-16(10-20-22(12)2)21-17(25)24-8-6-23(7-9-24)11-13-14(18)4-3-5-15(13)19/h3-5,10H,6-9,11H2,1-2H3,(H,21,25). The first-order chi connectivity index (χ1) is 12.0. The summed E-state index contributed by atoms with van der Waals surface area (Å²) < 4.78 is 1.83. The molecule has 0 atom stereocenters. The maximum Gasteiger partial charge on any atom is 0.173 e. The van der Waals surface area contributed by atoms with Gasteiger partial charge >= 0.3 is 0 Å². The van der Waals surface area contributed by atoms with Crippen molar-refractivity contribution in [2.45, 2.75) is 13.5 Å². The molecule has 0 bridgehead atoms. The van der Waals surface area contributed by atoms with E-state index >= 15 is 0 Å². The molecule has 0 spiro atoms. The fourth-order valence-corrected chi connectivity index (χ4v) is 3.64. The minimum atomic E-state index is 0.721. The molecule has 0 aliphatic carbocycles. The molecular weight excluding hydrogens is 377 g/mol.